The van der Waals surface area contributed by atoms with E-state index in [1.54, 1.807) is 31.2 Å². The van der Waals surface area contributed by atoms with Gasteiger partial charge in [0, 0.05) is 36.6 Å². The molecule has 0 bridgehead atoms. The zero-order valence-corrected chi connectivity index (χ0v) is 12.1. The van der Waals surface area contributed by atoms with Crippen molar-refractivity contribution in [3.63, 3.8) is 0 Å². The Balaban J connectivity index is 1.78. The highest BCUT2D eigenvalue weighted by atomic mass is 19.1. The third-order valence-corrected chi connectivity index (χ3v) is 3.07. The Morgan fingerprint density at radius 2 is 1.59 bits per heavy atom. The predicted molar refractivity (Wildman–Crippen MR) is 80.0 cm³/mol. The average molecular weight is 301 g/mol. The minimum absolute atomic E-state index is 0.238. The molecule has 114 valence electrons. The number of aromatic nitrogens is 1. The maximum Gasteiger partial charge on any atom is 0.251 e. The van der Waals surface area contributed by atoms with Gasteiger partial charge in [0.15, 0.2) is 0 Å². The maximum atomic E-state index is 13.4. The van der Waals surface area contributed by atoms with Gasteiger partial charge in [0.05, 0.1) is 0 Å². The number of rotatable bonds is 5. The second kappa shape index (κ2) is 7.31. The summed E-state index contributed by atoms with van der Waals surface area (Å²) >= 11 is 0. The number of halogens is 1. The Labute approximate surface area is 127 Å². The fraction of sp³-hybridized carbons (Fsp3) is 0.188. The van der Waals surface area contributed by atoms with Crippen molar-refractivity contribution in [2.24, 2.45) is 0 Å². The molecule has 6 heteroatoms. The van der Waals surface area contributed by atoms with Crippen LogP contribution in [-0.4, -0.2) is 29.9 Å². The number of hydrogen-bond acceptors (Lipinski definition) is 3. The van der Waals surface area contributed by atoms with E-state index in [-0.39, 0.29) is 30.5 Å². The van der Waals surface area contributed by atoms with Crippen molar-refractivity contribution in [3.05, 3.63) is 65.2 Å². The number of nitrogens with one attached hydrogen (secondary N) is 2. The van der Waals surface area contributed by atoms with E-state index in [1.807, 2.05) is 0 Å². The minimum Gasteiger partial charge on any atom is -0.350 e. The first-order valence-corrected chi connectivity index (χ1v) is 6.80. The minimum atomic E-state index is -0.418. The lowest BCUT2D eigenvalue weighted by Gasteiger charge is -2.07. The highest BCUT2D eigenvalue weighted by Crippen LogP contribution is 2.08. The highest BCUT2D eigenvalue weighted by Gasteiger charge is 2.08. The van der Waals surface area contributed by atoms with Crippen LogP contribution in [0.15, 0.2) is 42.7 Å². The number of carbonyl (C=O) groups is 2. The van der Waals surface area contributed by atoms with E-state index in [0.29, 0.717) is 11.1 Å². The quantitative estimate of drug-likeness (QED) is 0.826. The Kier molecular flexibility index (Phi) is 5.19. The number of amides is 2. The molecule has 0 aliphatic heterocycles. The van der Waals surface area contributed by atoms with Gasteiger partial charge in [-0.1, -0.05) is 6.07 Å². The van der Waals surface area contributed by atoms with Crippen molar-refractivity contribution in [1.29, 1.82) is 0 Å². The molecule has 1 heterocycles. The first kappa shape index (κ1) is 15.6. The van der Waals surface area contributed by atoms with Crippen LogP contribution >= 0.6 is 0 Å². The lowest BCUT2D eigenvalue weighted by atomic mass is 10.1. The van der Waals surface area contributed by atoms with Crippen molar-refractivity contribution in [2.45, 2.75) is 6.92 Å². The molecule has 5 nitrogen and oxygen atoms in total. The van der Waals surface area contributed by atoms with Crippen LogP contribution in [0.25, 0.3) is 0 Å². The van der Waals surface area contributed by atoms with Crippen molar-refractivity contribution in [1.82, 2.24) is 15.6 Å². The summed E-state index contributed by atoms with van der Waals surface area (Å²) in [5.41, 5.74) is 1.24. The smallest absolute Gasteiger partial charge is 0.251 e. The Morgan fingerprint density at radius 1 is 1.00 bits per heavy atom. The molecule has 1 aromatic heterocycles. The van der Waals surface area contributed by atoms with Gasteiger partial charge in [0.1, 0.15) is 5.82 Å². The van der Waals surface area contributed by atoms with Crippen molar-refractivity contribution < 1.29 is 14.0 Å². The van der Waals surface area contributed by atoms with Gasteiger partial charge in [-0.2, -0.15) is 0 Å². The maximum absolute atomic E-state index is 13.4. The fourth-order valence-electron chi connectivity index (χ4n) is 1.79. The summed E-state index contributed by atoms with van der Waals surface area (Å²) in [6.45, 7) is 2.16. The monoisotopic (exact) mass is 301 g/mol. The third-order valence-electron chi connectivity index (χ3n) is 3.07. The van der Waals surface area contributed by atoms with Crippen LogP contribution < -0.4 is 10.6 Å². The molecule has 2 aromatic rings. The summed E-state index contributed by atoms with van der Waals surface area (Å²) in [7, 11) is 0. The van der Waals surface area contributed by atoms with Crippen LogP contribution in [0.4, 0.5) is 4.39 Å². The Bertz CT molecular complexity index is 674. The number of aryl methyl sites for hydroxylation is 1. The summed E-state index contributed by atoms with van der Waals surface area (Å²) < 4.78 is 13.4. The van der Waals surface area contributed by atoms with Gasteiger partial charge in [-0.15, -0.1) is 0 Å². The van der Waals surface area contributed by atoms with Gasteiger partial charge >= 0.3 is 0 Å². The summed E-state index contributed by atoms with van der Waals surface area (Å²) in [6.07, 6.45) is 3.06. The molecule has 0 fully saturated rings. The van der Waals surface area contributed by atoms with E-state index in [9.17, 15) is 14.0 Å². The van der Waals surface area contributed by atoms with Gasteiger partial charge in [0.2, 0.25) is 0 Å². The van der Waals surface area contributed by atoms with E-state index in [4.69, 9.17) is 0 Å². The lowest BCUT2D eigenvalue weighted by Crippen LogP contribution is -2.34. The van der Waals surface area contributed by atoms with E-state index >= 15 is 0 Å². The molecule has 0 saturated carbocycles. The number of pyridine rings is 1. The first-order valence-electron chi connectivity index (χ1n) is 6.80. The Hall–Kier alpha value is -2.76. The third kappa shape index (κ3) is 4.12. The molecule has 0 aliphatic rings. The molecule has 0 unspecified atom stereocenters. The zero-order valence-electron chi connectivity index (χ0n) is 12.1. The molecule has 0 saturated heterocycles. The summed E-state index contributed by atoms with van der Waals surface area (Å²) in [4.78, 5) is 27.4. The molecule has 2 amide bonds. The first-order chi connectivity index (χ1) is 10.6. The van der Waals surface area contributed by atoms with E-state index < -0.39 is 5.82 Å². The fourth-order valence-corrected chi connectivity index (χ4v) is 1.79. The molecule has 22 heavy (non-hydrogen) atoms. The standard InChI is InChI=1S/C16H16FN3O2/c1-11-2-3-13(10-14(11)17)16(22)20-9-8-19-15(21)12-4-6-18-7-5-12/h2-7,10H,8-9H2,1H3,(H,19,21)(H,20,22). The number of hydrogen-bond donors (Lipinski definition) is 2. The summed E-state index contributed by atoms with van der Waals surface area (Å²) in [5.74, 6) is -1.03. The molecule has 0 radical (unpaired) electrons. The number of nitrogens with zero attached hydrogens (tertiary/aromatic N) is 1. The normalized spacial score (nSPS) is 10.1. The van der Waals surface area contributed by atoms with E-state index in [0.717, 1.165) is 0 Å². The van der Waals surface area contributed by atoms with Crippen LogP contribution in [0.2, 0.25) is 0 Å². The number of carbonyl (C=O) groups excluding carboxylic acids is 2. The molecule has 0 spiro atoms. The second-order valence-corrected chi connectivity index (χ2v) is 4.71. The van der Waals surface area contributed by atoms with E-state index in [1.165, 1.54) is 18.5 Å². The number of benzene rings is 1. The van der Waals surface area contributed by atoms with Crippen LogP contribution in [0.3, 0.4) is 0 Å². The van der Waals surface area contributed by atoms with Gasteiger partial charge in [0.25, 0.3) is 11.8 Å². The summed E-state index contributed by atoms with van der Waals surface area (Å²) in [5, 5.41) is 5.29. The van der Waals surface area contributed by atoms with Gasteiger partial charge in [-0.05, 0) is 36.8 Å². The molecular weight excluding hydrogens is 285 g/mol. The SMILES string of the molecule is Cc1ccc(C(=O)NCCNC(=O)c2ccncc2)cc1F. The average Bonchev–Trinajstić information content (AvgIpc) is 2.54. The van der Waals surface area contributed by atoms with Crippen molar-refractivity contribution in [3.8, 4) is 0 Å². The van der Waals surface area contributed by atoms with Gasteiger partial charge in [-0.3, -0.25) is 14.6 Å². The van der Waals surface area contributed by atoms with Crippen LogP contribution in [0.1, 0.15) is 26.3 Å². The summed E-state index contributed by atoms with van der Waals surface area (Å²) in [6, 6.07) is 7.50. The molecular formula is C16H16FN3O2. The van der Waals surface area contributed by atoms with Gasteiger partial charge < -0.3 is 10.6 Å². The largest absolute Gasteiger partial charge is 0.350 e. The van der Waals surface area contributed by atoms with Crippen LogP contribution in [0.5, 0.6) is 0 Å². The zero-order chi connectivity index (χ0) is 15.9. The van der Waals surface area contributed by atoms with Crippen molar-refractivity contribution in [2.75, 3.05) is 13.1 Å². The molecule has 0 atom stereocenters. The Morgan fingerprint density at radius 3 is 2.18 bits per heavy atom. The second-order valence-electron chi connectivity index (χ2n) is 4.71. The van der Waals surface area contributed by atoms with Crippen LogP contribution in [0, 0.1) is 12.7 Å². The molecule has 2 N–H and O–H groups in total. The van der Waals surface area contributed by atoms with E-state index in [2.05, 4.69) is 15.6 Å². The predicted octanol–water partition coefficient (Wildman–Crippen LogP) is 1.69. The topological polar surface area (TPSA) is 71.1 Å². The molecule has 1 aromatic carbocycles. The molecule has 2 rings (SSSR count). The van der Waals surface area contributed by atoms with Crippen molar-refractivity contribution >= 4 is 11.8 Å². The van der Waals surface area contributed by atoms with Gasteiger partial charge in [-0.25, -0.2) is 4.39 Å². The molecule has 0 aliphatic carbocycles. The van der Waals surface area contributed by atoms with Crippen LogP contribution in [-0.2, 0) is 0 Å². The lowest BCUT2D eigenvalue weighted by molar-refractivity contribution is 0.0927. The highest BCUT2D eigenvalue weighted by molar-refractivity contribution is 5.95.